The maximum Gasteiger partial charge on any atom is 0.238 e. The average molecular weight is 235 g/mol. The fourth-order valence-corrected chi connectivity index (χ4v) is 1.28. The van der Waals surface area contributed by atoms with Gasteiger partial charge in [-0.25, -0.2) is 0 Å². The van der Waals surface area contributed by atoms with Gasteiger partial charge in [0.25, 0.3) is 0 Å². The van der Waals surface area contributed by atoms with E-state index < -0.39 is 0 Å². The lowest BCUT2D eigenvalue weighted by Crippen LogP contribution is -2.43. The molecular weight excluding hydrogens is 218 g/mol. The third kappa shape index (κ3) is 4.65. The number of nitrogens with one attached hydrogen (secondary N) is 3. The molecular formula is C12H17N3O2. The third-order valence-corrected chi connectivity index (χ3v) is 2.27. The highest BCUT2D eigenvalue weighted by Crippen LogP contribution is 2.03. The van der Waals surface area contributed by atoms with Crippen LogP contribution in [0, 0.1) is 0 Å². The molecule has 0 saturated carbocycles. The molecule has 0 fully saturated rings. The molecule has 1 unspecified atom stereocenters. The SMILES string of the molecule is CNC(=O)C(C)NCC(=O)Nc1ccccc1. The number of para-hydroxylation sites is 1. The summed E-state index contributed by atoms with van der Waals surface area (Å²) in [5.41, 5.74) is 0.742. The molecule has 0 bridgehead atoms. The minimum absolute atomic E-state index is 0.101. The molecule has 1 aromatic rings. The Balaban J connectivity index is 2.33. The van der Waals surface area contributed by atoms with Gasteiger partial charge in [-0.2, -0.15) is 0 Å². The molecule has 0 heterocycles. The van der Waals surface area contributed by atoms with Gasteiger partial charge >= 0.3 is 0 Å². The van der Waals surface area contributed by atoms with Crippen LogP contribution >= 0.6 is 0 Å². The molecule has 3 N–H and O–H groups in total. The lowest BCUT2D eigenvalue weighted by Gasteiger charge is -2.12. The van der Waals surface area contributed by atoms with Crippen LogP contribution in [-0.2, 0) is 9.59 Å². The largest absolute Gasteiger partial charge is 0.358 e. The number of rotatable bonds is 5. The number of likely N-dealkylation sites (N-methyl/N-ethyl adjacent to an activating group) is 1. The average Bonchev–Trinajstić information content (AvgIpc) is 2.36. The Bertz CT molecular complexity index is 379. The molecule has 0 radical (unpaired) electrons. The molecule has 5 heteroatoms. The van der Waals surface area contributed by atoms with E-state index in [1.165, 1.54) is 0 Å². The Hall–Kier alpha value is -1.88. The van der Waals surface area contributed by atoms with Gasteiger partial charge in [-0.05, 0) is 19.1 Å². The van der Waals surface area contributed by atoms with E-state index in [1.54, 1.807) is 26.1 Å². The summed E-state index contributed by atoms with van der Waals surface area (Å²) in [5, 5.41) is 8.06. The maximum atomic E-state index is 11.5. The summed E-state index contributed by atoms with van der Waals surface area (Å²) in [6, 6.07) is 8.79. The zero-order valence-corrected chi connectivity index (χ0v) is 9.99. The summed E-state index contributed by atoms with van der Waals surface area (Å²) in [6.45, 7) is 1.80. The standard InChI is InChI=1S/C12H17N3O2/c1-9(12(17)13-2)14-8-11(16)15-10-6-4-3-5-7-10/h3-7,9,14H,8H2,1-2H3,(H,13,17)(H,15,16). The first kappa shape index (κ1) is 13.2. The molecule has 17 heavy (non-hydrogen) atoms. The Morgan fingerprint density at radius 1 is 1.24 bits per heavy atom. The van der Waals surface area contributed by atoms with Crippen LogP contribution in [-0.4, -0.2) is 31.4 Å². The molecule has 5 nitrogen and oxygen atoms in total. The lowest BCUT2D eigenvalue weighted by molar-refractivity contribution is -0.122. The monoisotopic (exact) mass is 235 g/mol. The maximum absolute atomic E-state index is 11.5. The molecule has 0 spiro atoms. The second-order valence-corrected chi connectivity index (χ2v) is 3.63. The zero-order valence-electron chi connectivity index (χ0n) is 9.99. The van der Waals surface area contributed by atoms with Gasteiger partial charge in [-0.1, -0.05) is 18.2 Å². The summed E-state index contributed by atoms with van der Waals surface area (Å²) in [6.07, 6.45) is 0. The first-order valence-electron chi connectivity index (χ1n) is 5.43. The van der Waals surface area contributed by atoms with Crippen LogP contribution in [0.25, 0.3) is 0 Å². The minimum atomic E-state index is -0.387. The predicted octanol–water partition coefficient (Wildman–Crippen LogP) is 0.349. The lowest BCUT2D eigenvalue weighted by atomic mass is 10.3. The first-order chi connectivity index (χ1) is 8.13. The van der Waals surface area contributed by atoms with Gasteiger partial charge < -0.3 is 10.6 Å². The normalized spacial score (nSPS) is 11.6. The molecule has 1 atom stereocenters. The topological polar surface area (TPSA) is 70.2 Å². The van der Waals surface area contributed by atoms with Crippen LogP contribution in [0.2, 0.25) is 0 Å². The van der Waals surface area contributed by atoms with E-state index in [0.29, 0.717) is 0 Å². The van der Waals surface area contributed by atoms with Crippen molar-refractivity contribution in [2.45, 2.75) is 13.0 Å². The van der Waals surface area contributed by atoms with Gasteiger partial charge in [0, 0.05) is 12.7 Å². The van der Waals surface area contributed by atoms with Crippen molar-refractivity contribution < 1.29 is 9.59 Å². The number of hydrogen-bond donors (Lipinski definition) is 3. The van der Waals surface area contributed by atoms with E-state index in [2.05, 4.69) is 16.0 Å². The van der Waals surface area contributed by atoms with Crippen LogP contribution in [0.15, 0.2) is 30.3 Å². The van der Waals surface area contributed by atoms with Crippen molar-refractivity contribution in [1.82, 2.24) is 10.6 Å². The van der Waals surface area contributed by atoms with Gasteiger partial charge in [0.2, 0.25) is 11.8 Å². The molecule has 92 valence electrons. The molecule has 2 amide bonds. The number of hydrogen-bond acceptors (Lipinski definition) is 3. The number of carbonyl (C=O) groups is 2. The van der Waals surface area contributed by atoms with Crippen molar-refractivity contribution in [3.8, 4) is 0 Å². The summed E-state index contributed by atoms with van der Waals surface area (Å²) in [7, 11) is 1.56. The molecule has 0 aliphatic rings. The van der Waals surface area contributed by atoms with Crippen molar-refractivity contribution in [3.63, 3.8) is 0 Å². The summed E-state index contributed by atoms with van der Waals surface area (Å²) in [4.78, 5) is 22.7. The van der Waals surface area contributed by atoms with Crippen molar-refractivity contribution >= 4 is 17.5 Å². The van der Waals surface area contributed by atoms with E-state index >= 15 is 0 Å². The van der Waals surface area contributed by atoms with Gasteiger partial charge in [0.05, 0.1) is 12.6 Å². The zero-order chi connectivity index (χ0) is 12.7. The van der Waals surface area contributed by atoms with Crippen LogP contribution < -0.4 is 16.0 Å². The van der Waals surface area contributed by atoms with Crippen LogP contribution in [0.1, 0.15) is 6.92 Å². The first-order valence-corrected chi connectivity index (χ1v) is 5.43. The van der Waals surface area contributed by atoms with Crippen LogP contribution in [0.4, 0.5) is 5.69 Å². The molecule has 1 aromatic carbocycles. The van der Waals surface area contributed by atoms with E-state index in [4.69, 9.17) is 0 Å². The number of carbonyl (C=O) groups excluding carboxylic acids is 2. The van der Waals surface area contributed by atoms with Crippen molar-refractivity contribution in [2.24, 2.45) is 0 Å². The molecule has 1 rings (SSSR count). The van der Waals surface area contributed by atoms with Crippen LogP contribution in [0.5, 0.6) is 0 Å². The summed E-state index contributed by atoms with van der Waals surface area (Å²) < 4.78 is 0. The van der Waals surface area contributed by atoms with Crippen molar-refractivity contribution in [2.75, 3.05) is 18.9 Å². The Morgan fingerprint density at radius 3 is 2.47 bits per heavy atom. The summed E-state index contributed by atoms with van der Waals surface area (Å²) in [5.74, 6) is -0.315. The second kappa shape index (κ2) is 6.65. The van der Waals surface area contributed by atoms with Gasteiger partial charge in [0.15, 0.2) is 0 Å². The number of amides is 2. The highest BCUT2D eigenvalue weighted by atomic mass is 16.2. The Morgan fingerprint density at radius 2 is 1.88 bits per heavy atom. The predicted molar refractivity (Wildman–Crippen MR) is 66.6 cm³/mol. The highest BCUT2D eigenvalue weighted by Gasteiger charge is 2.11. The molecule has 0 aliphatic heterocycles. The Kier molecular flexibility index (Phi) is 5.16. The van der Waals surface area contributed by atoms with E-state index in [0.717, 1.165) is 5.69 Å². The van der Waals surface area contributed by atoms with Crippen molar-refractivity contribution in [1.29, 1.82) is 0 Å². The molecule has 0 aromatic heterocycles. The number of anilines is 1. The highest BCUT2D eigenvalue weighted by molar-refractivity contribution is 5.92. The summed E-state index contributed by atoms with van der Waals surface area (Å²) >= 11 is 0. The molecule has 0 aliphatic carbocycles. The smallest absolute Gasteiger partial charge is 0.238 e. The molecule has 0 saturated heterocycles. The van der Waals surface area contributed by atoms with E-state index in [1.807, 2.05) is 18.2 Å². The third-order valence-electron chi connectivity index (χ3n) is 2.27. The fraction of sp³-hybridized carbons (Fsp3) is 0.333. The van der Waals surface area contributed by atoms with E-state index in [9.17, 15) is 9.59 Å². The van der Waals surface area contributed by atoms with Crippen LogP contribution in [0.3, 0.4) is 0 Å². The minimum Gasteiger partial charge on any atom is -0.358 e. The van der Waals surface area contributed by atoms with Gasteiger partial charge in [0.1, 0.15) is 0 Å². The van der Waals surface area contributed by atoms with Gasteiger partial charge in [-0.15, -0.1) is 0 Å². The second-order valence-electron chi connectivity index (χ2n) is 3.63. The van der Waals surface area contributed by atoms with E-state index in [-0.39, 0.29) is 24.4 Å². The van der Waals surface area contributed by atoms with Gasteiger partial charge in [-0.3, -0.25) is 14.9 Å². The number of benzene rings is 1. The Labute approximate surface area is 101 Å². The quantitative estimate of drug-likeness (QED) is 0.689. The fourth-order valence-electron chi connectivity index (χ4n) is 1.28. The van der Waals surface area contributed by atoms with Crippen molar-refractivity contribution in [3.05, 3.63) is 30.3 Å².